The summed E-state index contributed by atoms with van der Waals surface area (Å²) in [5.41, 5.74) is 2.10. The Kier molecular flexibility index (Phi) is 5.18. The monoisotopic (exact) mass is 394 g/mol. The summed E-state index contributed by atoms with van der Waals surface area (Å²) in [5, 5.41) is 11.4. The topological polar surface area (TPSA) is 113 Å². The Balaban J connectivity index is 2.04. The van der Waals surface area contributed by atoms with Crippen molar-refractivity contribution in [1.82, 2.24) is 5.32 Å². The van der Waals surface area contributed by atoms with E-state index in [0.717, 1.165) is 16.0 Å². The number of rotatable bonds is 4. The molecule has 0 bridgehead atoms. The molecule has 0 radical (unpaired) electrons. The number of carboxylic acid groups (broad SMARTS) is 1. The van der Waals surface area contributed by atoms with Crippen LogP contribution >= 0.6 is 0 Å². The van der Waals surface area contributed by atoms with E-state index >= 15 is 0 Å². The number of aromatic carboxylic acids is 1. The average molecular weight is 394 g/mol. The molecular weight excluding hydrogens is 376 g/mol. The Morgan fingerprint density at radius 3 is 2.41 bits per heavy atom. The number of imide groups is 2. The van der Waals surface area contributed by atoms with Gasteiger partial charge in [-0.25, -0.2) is 14.5 Å². The number of barbiturate groups is 1. The zero-order valence-corrected chi connectivity index (χ0v) is 16.0. The predicted octanol–water partition coefficient (Wildman–Crippen LogP) is 2.68. The van der Waals surface area contributed by atoms with Gasteiger partial charge in [0.25, 0.3) is 11.8 Å². The standard InChI is InChI=1S/C21H18N2O6/c1-11-4-6-14(8-12(11)2)23-19(25)16(18(24)22-21(23)28)10-13-5-7-17(29-3)15(9-13)20(26)27/h4-10H,1-3H3,(H,26,27)(H,22,24,28)/b16-10-. The third-order valence-electron chi connectivity index (χ3n) is 4.62. The van der Waals surface area contributed by atoms with Crippen molar-refractivity contribution in [1.29, 1.82) is 0 Å². The van der Waals surface area contributed by atoms with Gasteiger partial charge in [0.1, 0.15) is 16.9 Å². The molecule has 1 aliphatic heterocycles. The average Bonchev–Trinajstić information content (AvgIpc) is 2.67. The van der Waals surface area contributed by atoms with Crippen LogP contribution in [0.4, 0.5) is 10.5 Å². The highest BCUT2D eigenvalue weighted by Crippen LogP contribution is 2.26. The van der Waals surface area contributed by atoms with E-state index in [1.165, 1.54) is 31.4 Å². The van der Waals surface area contributed by atoms with Crippen molar-refractivity contribution < 1.29 is 29.0 Å². The number of hydrogen-bond donors (Lipinski definition) is 2. The Hall–Kier alpha value is -3.94. The van der Waals surface area contributed by atoms with Crippen molar-refractivity contribution in [2.45, 2.75) is 13.8 Å². The van der Waals surface area contributed by atoms with E-state index in [1.807, 2.05) is 13.8 Å². The van der Waals surface area contributed by atoms with Crippen LogP contribution in [0.5, 0.6) is 5.75 Å². The van der Waals surface area contributed by atoms with Crippen LogP contribution in [0.3, 0.4) is 0 Å². The summed E-state index contributed by atoms with van der Waals surface area (Å²) in [4.78, 5) is 49.8. The summed E-state index contributed by atoms with van der Waals surface area (Å²) >= 11 is 0. The van der Waals surface area contributed by atoms with Gasteiger partial charge in [0.05, 0.1) is 12.8 Å². The minimum Gasteiger partial charge on any atom is -0.496 e. The van der Waals surface area contributed by atoms with Crippen LogP contribution < -0.4 is 15.0 Å². The number of hydrogen-bond acceptors (Lipinski definition) is 5. The number of nitrogens with one attached hydrogen (secondary N) is 1. The van der Waals surface area contributed by atoms with Crippen LogP contribution in [0.25, 0.3) is 6.08 Å². The van der Waals surface area contributed by atoms with Crippen molar-refractivity contribution in [3.63, 3.8) is 0 Å². The molecule has 8 heteroatoms. The zero-order valence-electron chi connectivity index (χ0n) is 16.0. The first-order chi connectivity index (χ1) is 13.7. The highest BCUT2D eigenvalue weighted by molar-refractivity contribution is 6.39. The van der Waals surface area contributed by atoms with E-state index in [9.17, 15) is 24.3 Å². The minimum atomic E-state index is -1.21. The lowest BCUT2D eigenvalue weighted by Crippen LogP contribution is -2.54. The predicted molar refractivity (Wildman–Crippen MR) is 105 cm³/mol. The summed E-state index contributed by atoms with van der Waals surface area (Å²) in [7, 11) is 1.34. The number of benzene rings is 2. The van der Waals surface area contributed by atoms with Crippen LogP contribution in [-0.2, 0) is 9.59 Å². The Morgan fingerprint density at radius 1 is 1.07 bits per heavy atom. The van der Waals surface area contributed by atoms with Crippen molar-refractivity contribution in [3.8, 4) is 5.75 Å². The van der Waals surface area contributed by atoms with E-state index in [2.05, 4.69) is 5.32 Å². The molecule has 2 aromatic carbocycles. The van der Waals surface area contributed by atoms with Gasteiger partial charge in [-0.05, 0) is 60.9 Å². The van der Waals surface area contributed by atoms with Crippen LogP contribution in [-0.4, -0.2) is 36.0 Å². The molecule has 0 unspecified atom stereocenters. The summed E-state index contributed by atoms with van der Waals surface area (Å²) in [6.45, 7) is 3.74. The molecular formula is C21H18N2O6. The lowest BCUT2D eigenvalue weighted by atomic mass is 10.0. The first-order valence-corrected chi connectivity index (χ1v) is 8.63. The summed E-state index contributed by atoms with van der Waals surface area (Å²) in [5.74, 6) is -2.72. The fourth-order valence-corrected chi connectivity index (χ4v) is 2.91. The van der Waals surface area contributed by atoms with Crippen molar-refractivity contribution in [3.05, 3.63) is 64.2 Å². The molecule has 1 aliphatic rings. The smallest absolute Gasteiger partial charge is 0.339 e. The normalized spacial score (nSPS) is 15.5. The SMILES string of the molecule is COc1ccc(/C=C2/C(=O)NC(=O)N(c3ccc(C)c(C)c3)C2=O)cc1C(=O)O. The van der Waals surface area contributed by atoms with Gasteiger partial charge in [-0.3, -0.25) is 14.9 Å². The highest BCUT2D eigenvalue weighted by atomic mass is 16.5. The maximum absolute atomic E-state index is 12.9. The molecule has 148 valence electrons. The van der Waals surface area contributed by atoms with E-state index < -0.39 is 23.8 Å². The molecule has 2 aromatic rings. The molecule has 0 spiro atoms. The van der Waals surface area contributed by atoms with E-state index in [0.29, 0.717) is 11.3 Å². The number of carbonyl (C=O) groups is 4. The molecule has 1 saturated heterocycles. The molecule has 0 atom stereocenters. The third-order valence-corrected chi connectivity index (χ3v) is 4.62. The number of ether oxygens (including phenoxy) is 1. The number of amides is 4. The number of carboxylic acids is 1. The quantitative estimate of drug-likeness (QED) is 0.609. The maximum atomic E-state index is 12.9. The van der Waals surface area contributed by atoms with Crippen LogP contribution in [0.15, 0.2) is 42.0 Å². The first kappa shape index (κ1) is 19.8. The van der Waals surface area contributed by atoms with Gasteiger partial charge in [0.15, 0.2) is 0 Å². The molecule has 1 fully saturated rings. The molecule has 1 heterocycles. The number of carbonyl (C=O) groups excluding carboxylic acids is 3. The zero-order chi connectivity index (χ0) is 21.3. The fourth-order valence-electron chi connectivity index (χ4n) is 2.91. The second-order valence-corrected chi connectivity index (χ2v) is 6.49. The lowest BCUT2D eigenvalue weighted by molar-refractivity contribution is -0.122. The van der Waals surface area contributed by atoms with Crippen molar-refractivity contribution in [2.75, 3.05) is 12.0 Å². The van der Waals surface area contributed by atoms with E-state index in [-0.39, 0.29) is 16.9 Å². The summed E-state index contributed by atoms with van der Waals surface area (Å²) in [6.07, 6.45) is 1.24. The number of anilines is 1. The molecule has 29 heavy (non-hydrogen) atoms. The number of aryl methyl sites for hydroxylation is 2. The third kappa shape index (κ3) is 3.73. The van der Waals surface area contributed by atoms with E-state index in [1.54, 1.807) is 18.2 Å². The molecule has 3 rings (SSSR count). The summed E-state index contributed by atoms with van der Waals surface area (Å²) in [6, 6.07) is 8.43. The van der Waals surface area contributed by atoms with Gasteiger partial charge in [-0.15, -0.1) is 0 Å². The largest absolute Gasteiger partial charge is 0.496 e. The fraction of sp³-hybridized carbons (Fsp3) is 0.143. The van der Waals surface area contributed by atoms with E-state index in [4.69, 9.17) is 4.74 Å². The van der Waals surface area contributed by atoms with Gasteiger partial charge >= 0.3 is 12.0 Å². The Labute approximate surface area is 166 Å². The molecule has 4 amide bonds. The number of nitrogens with zero attached hydrogens (tertiary/aromatic N) is 1. The summed E-state index contributed by atoms with van der Waals surface area (Å²) < 4.78 is 5.00. The van der Waals surface area contributed by atoms with Crippen LogP contribution in [0.1, 0.15) is 27.0 Å². The lowest BCUT2D eigenvalue weighted by Gasteiger charge is -2.26. The molecule has 0 aromatic heterocycles. The van der Waals surface area contributed by atoms with Gasteiger partial charge in [-0.1, -0.05) is 12.1 Å². The number of urea groups is 1. The Bertz CT molecular complexity index is 1090. The molecule has 0 saturated carbocycles. The highest BCUT2D eigenvalue weighted by Gasteiger charge is 2.37. The van der Waals surface area contributed by atoms with Gasteiger partial charge in [0.2, 0.25) is 0 Å². The number of methoxy groups -OCH3 is 1. The molecule has 8 nitrogen and oxygen atoms in total. The minimum absolute atomic E-state index is 0.118. The van der Waals surface area contributed by atoms with Crippen molar-refractivity contribution in [2.24, 2.45) is 0 Å². The molecule has 0 aliphatic carbocycles. The maximum Gasteiger partial charge on any atom is 0.339 e. The van der Waals surface area contributed by atoms with Gasteiger partial charge in [0, 0.05) is 0 Å². The van der Waals surface area contributed by atoms with Crippen LogP contribution in [0, 0.1) is 13.8 Å². The molecule has 2 N–H and O–H groups in total. The Morgan fingerprint density at radius 2 is 1.79 bits per heavy atom. The first-order valence-electron chi connectivity index (χ1n) is 8.63. The van der Waals surface area contributed by atoms with Crippen molar-refractivity contribution >= 4 is 35.6 Å². The van der Waals surface area contributed by atoms with Gasteiger partial charge in [-0.2, -0.15) is 0 Å². The second-order valence-electron chi connectivity index (χ2n) is 6.49. The second kappa shape index (κ2) is 7.59. The van der Waals surface area contributed by atoms with Crippen LogP contribution in [0.2, 0.25) is 0 Å². The van der Waals surface area contributed by atoms with Gasteiger partial charge < -0.3 is 9.84 Å².